The standard InChI is InChI=1S/C12H21NO4/c1-8(14)11(12(16)17)13-10(15)7-6-9-4-2-3-5-9/h8-9,11,14H,2-7H2,1H3,(H,13,15)(H,16,17). The van der Waals surface area contributed by atoms with Gasteiger partial charge in [-0.3, -0.25) is 4.79 Å². The van der Waals surface area contributed by atoms with Gasteiger partial charge in [-0.1, -0.05) is 25.7 Å². The summed E-state index contributed by atoms with van der Waals surface area (Å²) in [6.07, 6.45) is 4.90. The molecule has 0 spiro atoms. The lowest BCUT2D eigenvalue weighted by molar-refractivity contribution is -0.144. The van der Waals surface area contributed by atoms with Crippen LogP contribution >= 0.6 is 0 Å². The van der Waals surface area contributed by atoms with Crippen LogP contribution < -0.4 is 5.32 Å². The lowest BCUT2D eigenvalue weighted by atomic mass is 10.0. The van der Waals surface area contributed by atoms with Crippen LogP contribution in [-0.4, -0.2) is 34.2 Å². The topological polar surface area (TPSA) is 86.6 Å². The van der Waals surface area contributed by atoms with Gasteiger partial charge in [-0.05, 0) is 19.3 Å². The molecule has 1 amide bonds. The number of carbonyl (C=O) groups is 2. The highest BCUT2D eigenvalue weighted by molar-refractivity contribution is 5.83. The third kappa shape index (κ3) is 4.73. The number of amides is 1. The molecule has 17 heavy (non-hydrogen) atoms. The summed E-state index contributed by atoms with van der Waals surface area (Å²) in [5.74, 6) is -0.880. The summed E-state index contributed by atoms with van der Waals surface area (Å²) < 4.78 is 0. The Kier molecular flexibility index (Phi) is 5.41. The quantitative estimate of drug-likeness (QED) is 0.647. The van der Waals surface area contributed by atoms with Gasteiger partial charge in [0.1, 0.15) is 0 Å². The zero-order valence-corrected chi connectivity index (χ0v) is 10.2. The van der Waals surface area contributed by atoms with Crippen LogP contribution in [-0.2, 0) is 9.59 Å². The maximum absolute atomic E-state index is 11.5. The number of carboxylic acid groups (broad SMARTS) is 1. The highest BCUT2D eigenvalue weighted by Gasteiger charge is 2.25. The fourth-order valence-electron chi connectivity index (χ4n) is 2.27. The molecule has 0 aromatic rings. The fraction of sp³-hybridized carbons (Fsp3) is 0.833. The van der Waals surface area contributed by atoms with Gasteiger partial charge in [0.2, 0.25) is 5.91 Å². The summed E-state index contributed by atoms with van der Waals surface area (Å²) in [5.41, 5.74) is 0. The zero-order chi connectivity index (χ0) is 12.8. The molecule has 0 bridgehead atoms. The molecule has 0 saturated heterocycles. The predicted octanol–water partition coefficient (Wildman–Crippen LogP) is 0.907. The molecule has 5 heteroatoms. The number of nitrogens with one attached hydrogen (secondary N) is 1. The third-order valence-electron chi connectivity index (χ3n) is 3.32. The minimum absolute atomic E-state index is 0.287. The minimum atomic E-state index is -1.20. The first-order chi connectivity index (χ1) is 8.00. The van der Waals surface area contributed by atoms with Crippen molar-refractivity contribution in [2.24, 2.45) is 5.92 Å². The summed E-state index contributed by atoms with van der Waals surface area (Å²) in [4.78, 5) is 22.3. The van der Waals surface area contributed by atoms with Gasteiger partial charge in [0.05, 0.1) is 6.10 Å². The predicted molar refractivity (Wildman–Crippen MR) is 62.4 cm³/mol. The summed E-state index contributed by atoms with van der Waals surface area (Å²) in [6.45, 7) is 1.36. The Balaban J connectivity index is 2.29. The molecule has 2 atom stereocenters. The molecule has 1 fully saturated rings. The molecule has 2 unspecified atom stereocenters. The van der Waals surface area contributed by atoms with Gasteiger partial charge in [0.15, 0.2) is 6.04 Å². The van der Waals surface area contributed by atoms with E-state index in [1.165, 1.54) is 32.6 Å². The van der Waals surface area contributed by atoms with Crippen molar-refractivity contribution >= 4 is 11.9 Å². The molecule has 1 aliphatic rings. The van der Waals surface area contributed by atoms with Gasteiger partial charge in [-0.25, -0.2) is 4.79 Å². The molecule has 98 valence electrons. The van der Waals surface area contributed by atoms with Crippen LogP contribution in [0, 0.1) is 5.92 Å². The maximum atomic E-state index is 11.5. The first kappa shape index (κ1) is 14.0. The average molecular weight is 243 g/mol. The molecule has 0 aromatic carbocycles. The van der Waals surface area contributed by atoms with Crippen LogP contribution in [0.1, 0.15) is 45.4 Å². The molecule has 1 rings (SSSR count). The molecular weight excluding hydrogens is 222 g/mol. The van der Waals surface area contributed by atoms with E-state index < -0.39 is 18.1 Å². The Bertz CT molecular complexity index is 272. The van der Waals surface area contributed by atoms with Crippen LogP contribution in [0.25, 0.3) is 0 Å². The van der Waals surface area contributed by atoms with Gasteiger partial charge in [0.25, 0.3) is 0 Å². The van der Waals surface area contributed by atoms with E-state index in [1.54, 1.807) is 0 Å². The van der Waals surface area contributed by atoms with E-state index in [0.29, 0.717) is 12.3 Å². The van der Waals surface area contributed by atoms with Crippen molar-refractivity contribution in [2.75, 3.05) is 0 Å². The lowest BCUT2D eigenvalue weighted by Gasteiger charge is -2.17. The molecule has 5 nitrogen and oxygen atoms in total. The number of hydrogen-bond acceptors (Lipinski definition) is 3. The first-order valence-corrected chi connectivity index (χ1v) is 6.21. The average Bonchev–Trinajstić information content (AvgIpc) is 2.74. The first-order valence-electron chi connectivity index (χ1n) is 6.21. The highest BCUT2D eigenvalue weighted by Crippen LogP contribution is 2.28. The summed E-state index contributed by atoms with van der Waals surface area (Å²) in [5, 5.41) is 20.4. The smallest absolute Gasteiger partial charge is 0.328 e. The van der Waals surface area contributed by atoms with Crippen LogP contribution in [0.4, 0.5) is 0 Å². The lowest BCUT2D eigenvalue weighted by Crippen LogP contribution is -2.47. The Hall–Kier alpha value is -1.10. The highest BCUT2D eigenvalue weighted by atomic mass is 16.4. The summed E-state index contributed by atoms with van der Waals surface area (Å²) >= 11 is 0. The second kappa shape index (κ2) is 6.59. The van der Waals surface area contributed by atoms with E-state index in [1.807, 2.05) is 0 Å². The molecule has 1 aliphatic carbocycles. The maximum Gasteiger partial charge on any atom is 0.328 e. The van der Waals surface area contributed by atoms with Gasteiger partial charge >= 0.3 is 5.97 Å². The molecular formula is C12H21NO4. The fourth-order valence-corrected chi connectivity index (χ4v) is 2.27. The largest absolute Gasteiger partial charge is 0.480 e. The Labute approximate surface area is 101 Å². The van der Waals surface area contributed by atoms with Gasteiger partial charge < -0.3 is 15.5 Å². The van der Waals surface area contributed by atoms with E-state index in [4.69, 9.17) is 5.11 Å². The van der Waals surface area contributed by atoms with Crippen molar-refractivity contribution in [2.45, 2.75) is 57.6 Å². The third-order valence-corrected chi connectivity index (χ3v) is 3.32. The van der Waals surface area contributed by atoms with E-state index in [-0.39, 0.29) is 5.91 Å². The van der Waals surface area contributed by atoms with Crippen molar-refractivity contribution in [3.63, 3.8) is 0 Å². The van der Waals surface area contributed by atoms with E-state index in [9.17, 15) is 14.7 Å². The summed E-state index contributed by atoms with van der Waals surface area (Å²) in [7, 11) is 0. The molecule has 0 radical (unpaired) electrons. The molecule has 0 aliphatic heterocycles. The van der Waals surface area contributed by atoms with Crippen molar-refractivity contribution in [3.8, 4) is 0 Å². The molecule has 0 heterocycles. The normalized spacial score (nSPS) is 19.9. The number of carbonyl (C=O) groups excluding carboxylic acids is 1. The number of rotatable bonds is 6. The van der Waals surface area contributed by atoms with Crippen LogP contribution in [0.15, 0.2) is 0 Å². The zero-order valence-electron chi connectivity index (χ0n) is 10.2. The van der Waals surface area contributed by atoms with Crippen molar-refractivity contribution < 1.29 is 19.8 Å². The van der Waals surface area contributed by atoms with E-state index >= 15 is 0 Å². The molecule has 1 saturated carbocycles. The number of hydrogen-bond donors (Lipinski definition) is 3. The second-order valence-electron chi connectivity index (χ2n) is 4.81. The number of aliphatic carboxylic acids is 1. The van der Waals surface area contributed by atoms with Crippen molar-refractivity contribution in [3.05, 3.63) is 0 Å². The van der Waals surface area contributed by atoms with Crippen LogP contribution in [0.5, 0.6) is 0 Å². The van der Waals surface area contributed by atoms with Crippen LogP contribution in [0.2, 0.25) is 0 Å². The number of aliphatic hydroxyl groups is 1. The van der Waals surface area contributed by atoms with Crippen LogP contribution in [0.3, 0.4) is 0 Å². The number of carboxylic acids is 1. The SMILES string of the molecule is CC(O)C(NC(=O)CCC1CCCC1)C(=O)O. The van der Waals surface area contributed by atoms with Gasteiger partial charge in [-0.15, -0.1) is 0 Å². The summed E-state index contributed by atoms with van der Waals surface area (Å²) in [6, 6.07) is -1.20. The number of aliphatic hydroxyl groups excluding tert-OH is 1. The molecule has 3 N–H and O–H groups in total. The van der Waals surface area contributed by atoms with Crippen molar-refractivity contribution in [1.29, 1.82) is 0 Å². The van der Waals surface area contributed by atoms with E-state index in [0.717, 1.165) is 6.42 Å². The Morgan fingerprint density at radius 3 is 2.41 bits per heavy atom. The Morgan fingerprint density at radius 1 is 1.35 bits per heavy atom. The minimum Gasteiger partial charge on any atom is -0.480 e. The Morgan fingerprint density at radius 2 is 1.94 bits per heavy atom. The van der Waals surface area contributed by atoms with E-state index in [2.05, 4.69) is 5.32 Å². The van der Waals surface area contributed by atoms with Gasteiger partial charge in [-0.2, -0.15) is 0 Å². The van der Waals surface area contributed by atoms with Gasteiger partial charge in [0, 0.05) is 6.42 Å². The molecule has 0 aromatic heterocycles. The second-order valence-corrected chi connectivity index (χ2v) is 4.81. The van der Waals surface area contributed by atoms with Crippen molar-refractivity contribution in [1.82, 2.24) is 5.32 Å². The monoisotopic (exact) mass is 243 g/mol.